The van der Waals surface area contributed by atoms with Crippen LogP contribution in [-0.2, 0) is 6.54 Å². The molecule has 2 aromatic rings. The van der Waals surface area contributed by atoms with E-state index in [0.29, 0.717) is 17.1 Å². The summed E-state index contributed by atoms with van der Waals surface area (Å²) in [7, 11) is 0. The van der Waals surface area contributed by atoms with Gasteiger partial charge >= 0.3 is 0 Å². The highest BCUT2D eigenvalue weighted by Gasteiger charge is 2.13. The molecule has 2 N–H and O–H groups in total. The standard InChI is InChI=1S/C13H15ClFN3/c1-2-12(13-16-6-7-17-13)18-8-9-10(14)4-3-5-11(9)15/h3-7,12,18H,2,8H2,1H3,(H,16,17). The fourth-order valence-electron chi connectivity index (χ4n) is 1.83. The molecule has 0 aliphatic rings. The van der Waals surface area contributed by atoms with Gasteiger partial charge in [-0.1, -0.05) is 24.6 Å². The molecule has 2 rings (SSSR count). The number of benzene rings is 1. The van der Waals surface area contributed by atoms with Gasteiger partial charge in [0.05, 0.1) is 6.04 Å². The lowest BCUT2D eigenvalue weighted by Gasteiger charge is -2.15. The summed E-state index contributed by atoms with van der Waals surface area (Å²) in [6.07, 6.45) is 4.34. The molecule has 0 saturated heterocycles. The molecule has 5 heteroatoms. The van der Waals surface area contributed by atoms with Gasteiger partial charge in [0.2, 0.25) is 0 Å². The smallest absolute Gasteiger partial charge is 0.129 e. The molecule has 3 nitrogen and oxygen atoms in total. The van der Waals surface area contributed by atoms with Crippen LogP contribution >= 0.6 is 11.6 Å². The van der Waals surface area contributed by atoms with Crippen LogP contribution < -0.4 is 5.32 Å². The van der Waals surface area contributed by atoms with E-state index < -0.39 is 0 Å². The van der Waals surface area contributed by atoms with E-state index in [2.05, 4.69) is 15.3 Å². The molecule has 1 aromatic heterocycles. The van der Waals surface area contributed by atoms with Crippen molar-refractivity contribution in [1.29, 1.82) is 0 Å². The highest BCUT2D eigenvalue weighted by molar-refractivity contribution is 6.31. The molecule has 0 radical (unpaired) electrons. The Hall–Kier alpha value is -1.39. The lowest BCUT2D eigenvalue weighted by molar-refractivity contribution is 0.486. The Morgan fingerprint density at radius 3 is 2.94 bits per heavy atom. The average Bonchev–Trinajstić information content (AvgIpc) is 2.87. The van der Waals surface area contributed by atoms with Gasteiger partial charge in [-0.15, -0.1) is 0 Å². The Morgan fingerprint density at radius 2 is 2.33 bits per heavy atom. The summed E-state index contributed by atoms with van der Waals surface area (Å²) in [5.74, 6) is 0.564. The molecule has 1 aromatic carbocycles. The molecular formula is C13H15ClFN3. The first-order valence-electron chi connectivity index (χ1n) is 5.88. The summed E-state index contributed by atoms with van der Waals surface area (Å²) in [6.45, 7) is 2.42. The molecule has 1 unspecified atom stereocenters. The Kier molecular flexibility index (Phi) is 4.33. The van der Waals surface area contributed by atoms with Crippen LogP contribution in [0.15, 0.2) is 30.6 Å². The number of aromatic amines is 1. The minimum atomic E-state index is -0.288. The van der Waals surface area contributed by atoms with Gasteiger partial charge < -0.3 is 10.3 Å². The fraction of sp³-hybridized carbons (Fsp3) is 0.308. The van der Waals surface area contributed by atoms with Crippen LogP contribution in [0.2, 0.25) is 5.02 Å². The van der Waals surface area contributed by atoms with Crippen molar-refractivity contribution >= 4 is 11.6 Å². The van der Waals surface area contributed by atoms with Crippen LogP contribution in [0.4, 0.5) is 4.39 Å². The van der Waals surface area contributed by atoms with Gasteiger partial charge in [0, 0.05) is 29.5 Å². The first-order valence-corrected chi connectivity index (χ1v) is 6.25. The average molecular weight is 268 g/mol. The summed E-state index contributed by atoms with van der Waals surface area (Å²) in [5, 5.41) is 3.69. The third-order valence-corrected chi connectivity index (χ3v) is 3.20. The number of nitrogens with zero attached hydrogens (tertiary/aromatic N) is 1. The quantitative estimate of drug-likeness (QED) is 0.871. The van der Waals surface area contributed by atoms with Crippen LogP contribution in [0.25, 0.3) is 0 Å². The van der Waals surface area contributed by atoms with Crippen molar-refractivity contribution in [3.8, 4) is 0 Å². The zero-order valence-corrected chi connectivity index (χ0v) is 10.8. The maximum absolute atomic E-state index is 13.6. The molecule has 18 heavy (non-hydrogen) atoms. The molecular weight excluding hydrogens is 253 g/mol. The zero-order chi connectivity index (χ0) is 13.0. The third kappa shape index (κ3) is 2.89. The SMILES string of the molecule is CCC(NCc1c(F)cccc1Cl)c1ncc[nH]1. The minimum Gasteiger partial charge on any atom is -0.347 e. The van der Waals surface area contributed by atoms with Crippen molar-refractivity contribution in [3.63, 3.8) is 0 Å². The van der Waals surface area contributed by atoms with Crippen LogP contribution in [0, 0.1) is 5.82 Å². The topological polar surface area (TPSA) is 40.7 Å². The van der Waals surface area contributed by atoms with Gasteiger partial charge in [0.15, 0.2) is 0 Å². The van der Waals surface area contributed by atoms with Gasteiger partial charge in [0.1, 0.15) is 11.6 Å². The van der Waals surface area contributed by atoms with Crippen LogP contribution in [-0.4, -0.2) is 9.97 Å². The largest absolute Gasteiger partial charge is 0.347 e. The van der Waals surface area contributed by atoms with E-state index in [1.807, 2.05) is 6.92 Å². The Bertz CT molecular complexity index is 479. The number of halogens is 2. The van der Waals surface area contributed by atoms with Crippen molar-refractivity contribution in [2.45, 2.75) is 25.9 Å². The number of hydrogen-bond donors (Lipinski definition) is 2. The maximum atomic E-state index is 13.6. The van der Waals surface area contributed by atoms with Gasteiger partial charge in [-0.2, -0.15) is 0 Å². The number of imidazole rings is 1. The van der Waals surface area contributed by atoms with E-state index >= 15 is 0 Å². The van der Waals surface area contributed by atoms with Crippen molar-refractivity contribution < 1.29 is 4.39 Å². The molecule has 0 bridgehead atoms. The zero-order valence-electron chi connectivity index (χ0n) is 10.1. The predicted molar refractivity (Wildman–Crippen MR) is 69.9 cm³/mol. The third-order valence-electron chi connectivity index (χ3n) is 2.84. The summed E-state index contributed by atoms with van der Waals surface area (Å²) >= 11 is 5.98. The summed E-state index contributed by atoms with van der Waals surface area (Å²) in [4.78, 5) is 7.25. The molecule has 1 heterocycles. The Balaban J connectivity index is 2.06. The number of nitrogens with one attached hydrogen (secondary N) is 2. The lowest BCUT2D eigenvalue weighted by Crippen LogP contribution is -2.22. The Morgan fingerprint density at radius 1 is 1.50 bits per heavy atom. The highest BCUT2D eigenvalue weighted by Crippen LogP contribution is 2.20. The van der Waals surface area contributed by atoms with Crippen LogP contribution in [0.1, 0.15) is 30.8 Å². The second kappa shape index (κ2) is 5.98. The summed E-state index contributed by atoms with van der Waals surface area (Å²) in [6, 6.07) is 4.77. The molecule has 0 saturated carbocycles. The number of hydrogen-bond acceptors (Lipinski definition) is 2. The van der Waals surface area contributed by atoms with Gasteiger partial charge in [-0.25, -0.2) is 9.37 Å². The second-order valence-corrected chi connectivity index (χ2v) is 4.42. The number of H-pyrrole nitrogens is 1. The lowest BCUT2D eigenvalue weighted by atomic mass is 10.1. The second-order valence-electron chi connectivity index (χ2n) is 4.02. The van der Waals surface area contributed by atoms with Crippen molar-refractivity contribution in [3.05, 3.63) is 52.8 Å². The summed E-state index contributed by atoms with van der Waals surface area (Å²) < 4.78 is 13.6. The van der Waals surface area contributed by atoms with E-state index in [4.69, 9.17) is 11.6 Å². The molecule has 0 spiro atoms. The minimum absolute atomic E-state index is 0.0654. The van der Waals surface area contributed by atoms with Crippen molar-refractivity contribution in [2.24, 2.45) is 0 Å². The first kappa shape index (κ1) is 13.1. The van der Waals surface area contributed by atoms with E-state index in [1.54, 1.807) is 24.5 Å². The van der Waals surface area contributed by atoms with E-state index in [1.165, 1.54) is 6.07 Å². The molecule has 96 valence electrons. The molecule has 0 aliphatic carbocycles. The van der Waals surface area contributed by atoms with Crippen molar-refractivity contribution in [2.75, 3.05) is 0 Å². The van der Waals surface area contributed by atoms with Crippen LogP contribution in [0.5, 0.6) is 0 Å². The maximum Gasteiger partial charge on any atom is 0.129 e. The number of aromatic nitrogens is 2. The van der Waals surface area contributed by atoms with Gasteiger partial charge in [0.25, 0.3) is 0 Å². The van der Waals surface area contributed by atoms with E-state index in [-0.39, 0.29) is 11.9 Å². The van der Waals surface area contributed by atoms with Gasteiger partial charge in [-0.3, -0.25) is 0 Å². The molecule has 0 aliphatic heterocycles. The predicted octanol–water partition coefficient (Wildman–Crippen LogP) is 3.44. The molecule has 1 atom stereocenters. The normalized spacial score (nSPS) is 12.6. The molecule has 0 fully saturated rings. The van der Waals surface area contributed by atoms with Crippen LogP contribution in [0.3, 0.4) is 0 Å². The van der Waals surface area contributed by atoms with Crippen molar-refractivity contribution in [1.82, 2.24) is 15.3 Å². The molecule has 0 amide bonds. The van der Waals surface area contributed by atoms with E-state index in [0.717, 1.165) is 12.2 Å². The summed E-state index contributed by atoms with van der Waals surface area (Å²) in [5.41, 5.74) is 0.490. The highest BCUT2D eigenvalue weighted by atomic mass is 35.5. The van der Waals surface area contributed by atoms with Gasteiger partial charge in [-0.05, 0) is 18.6 Å². The van der Waals surface area contributed by atoms with E-state index in [9.17, 15) is 4.39 Å². The number of rotatable bonds is 5. The monoisotopic (exact) mass is 267 g/mol. The fourth-order valence-corrected chi connectivity index (χ4v) is 2.06. The first-order chi connectivity index (χ1) is 8.72. The Labute approximate surface area is 110 Å².